The van der Waals surface area contributed by atoms with Crippen molar-refractivity contribution >= 4 is 5.91 Å². The molecule has 2 fully saturated rings. The van der Waals surface area contributed by atoms with Gasteiger partial charge in [0.2, 0.25) is 0 Å². The lowest BCUT2D eigenvalue weighted by atomic mass is 9.97. The number of piperidine rings is 1. The van der Waals surface area contributed by atoms with Crippen LogP contribution in [0.2, 0.25) is 0 Å². The number of rotatable bonds is 3. The van der Waals surface area contributed by atoms with Gasteiger partial charge >= 0.3 is 0 Å². The molecule has 0 aromatic heterocycles. The summed E-state index contributed by atoms with van der Waals surface area (Å²) in [5, 5.41) is 3.42. The maximum absolute atomic E-state index is 12.4. The first kappa shape index (κ1) is 14.5. The summed E-state index contributed by atoms with van der Waals surface area (Å²) in [7, 11) is 0. The maximum Gasteiger partial charge on any atom is 0.253 e. The summed E-state index contributed by atoms with van der Waals surface area (Å²) in [6, 6.07) is 9.63. The number of hydrogen-bond donors (Lipinski definition) is 1. The zero-order valence-corrected chi connectivity index (χ0v) is 12.6. The summed E-state index contributed by atoms with van der Waals surface area (Å²) in [5.74, 6) is 1.01. The van der Waals surface area contributed by atoms with E-state index in [1.165, 1.54) is 19.4 Å². The van der Waals surface area contributed by atoms with Gasteiger partial charge in [-0.25, -0.2) is 0 Å². The van der Waals surface area contributed by atoms with Gasteiger partial charge in [-0.1, -0.05) is 18.2 Å². The van der Waals surface area contributed by atoms with Crippen molar-refractivity contribution in [2.45, 2.75) is 12.8 Å². The molecule has 4 heteroatoms. The average Bonchev–Trinajstić information content (AvgIpc) is 2.57. The molecule has 2 aliphatic rings. The molecule has 1 N–H and O–H groups in total. The second-order valence-corrected chi connectivity index (χ2v) is 6.15. The van der Waals surface area contributed by atoms with E-state index in [1.54, 1.807) is 0 Å². The lowest BCUT2D eigenvalue weighted by molar-refractivity contribution is 0.0608. The third kappa shape index (κ3) is 3.83. The standard InChI is InChI=1S/C17H25N3O/c21-17(16-4-2-1-3-5-16)20-12-10-19(11-13-20)14-15-6-8-18-9-7-15/h1-5,15,18H,6-14H2. The van der Waals surface area contributed by atoms with E-state index >= 15 is 0 Å². The van der Waals surface area contributed by atoms with Gasteiger partial charge in [0, 0.05) is 38.3 Å². The zero-order valence-electron chi connectivity index (χ0n) is 12.6. The quantitative estimate of drug-likeness (QED) is 0.914. The monoisotopic (exact) mass is 287 g/mol. The van der Waals surface area contributed by atoms with Crippen LogP contribution in [0, 0.1) is 5.92 Å². The van der Waals surface area contributed by atoms with Crippen molar-refractivity contribution in [2.75, 3.05) is 45.8 Å². The molecule has 21 heavy (non-hydrogen) atoms. The van der Waals surface area contributed by atoms with Crippen LogP contribution in [0.15, 0.2) is 30.3 Å². The smallest absolute Gasteiger partial charge is 0.253 e. The number of nitrogens with one attached hydrogen (secondary N) is 1. The molecule has 114 valence electrons. The highest BCUT2D eigenvalue weighted by Crippen LogP contribution is 2.15. The summed E-state index contributed by atoms with van der Waals surface area (Å²) in [4.78, 5) is 16.9. The zero-order chi connectivity index (χ0) is 14.5. The molecule has 1 amide bonds. The number of benzene rings is 1. The number of nitrogens with zero attached hydrogens (tertiary/aromatic N) is 2. The Morgan fingerprint density at radius 3 is 2.38 bits per heavy atom. The second-order valence-electron chi connectivity index (χ2n) is 6.15. The summed E-state index contributed by atoms with van der Waals surface area (Å²) >= 11 is 0. The summed E-state index contributed by atoms with van der Waals surface area (Å²) in [6.07, 6.45) is 2.59. The fourth-order valence-corrected chi connectivity index (χ4v) is 3.33. The molecule has 2 aliphatic heterocycles. The third-order valence-electron chi connectivity index (χ3n) is 4.66. The Morgan fingerprint density at radius 2 is 1.71 bits per heavy atom. The van der Waals surface area contributed by atoms with E-state index in [0.717, 1.165) is 50.7 Å². The Labute approximate surface area is 127 Å². The van der Waals surface area contributed by atoms with Crippen LogP contribution in [0.5, 0.6) is 0 Å². The molecule has 4 nitrogen and oxygen atoms in total. The predicted octanol–water partition coefficient (Wildman–Crippen LogP) is 1.44. The van der Waals surface area contributed by atoms with Gasteiger partial charge in [0.25, 0.3) is 5.91 Å². The molecule has 1 aromatic rings. The molecule has 0 saturated carbocycles. The molecular weight excluding hydrogens is 262 g/mol. The van der Waals surface area contributed by atoms with Crippen LogP contribution in [-0.2, 0) is 0 Å². The normalized spacial score (nSPS) is 21.4. The van der Waals surface area contributed by atoms with Crippen molar-refractivity contribution in [1.82, 2.24) is 15.1 Å². The van der Waals surface area contributed by atoms with Gasteiger partial charge in [-0.2, -0.15) is 0 Å². The average molecular weight is 287 g/mol. The van der Waals surface area contributed by atoms with Gasteiger partial charge in [-0.15, -0.1) is 0 Å². The summed E-state index contributed by atoms with van der Waals surface area (Å²) in [5.41, 5.74) is 0.810. The molecule has 0 unspecified atom stereocenters. The van der Waals surface area contributed by atoms with Gasteiger partial charge in [-0.05, 0) is 44.0 Å². The molecular formula is C17H25N3O. The molecule has 0 spiro atoms. The highest BCUT2D eigenvalue weighted by molar-refractivity contribution is 5.94. The van der Waals surface area contributed by atoms with Gasteiger partial charge in [0.05, 0.1) is 0 Å². The minimum absolute atomic E-state index is 0.178. The second kappa shape index (κ2) is 7.05. The van der Waals surface area contributed by atoms with Crippen molar-refractivity contribution in [3.63, 3.8) is 0 Å². The summed E-state index contributed by atoms with van der Waals surface area (Å²) in [6.45, 7) is 7.28. The lowest BCUT2D eigenvalue weighted by Gasteiger charge is -2.37. The highest BCUT2D eigenvalue weighted by atomic mass is 16.2. The van der Waals surface area contributed by atoms with Crippen LogP contribution in [0.3, 0.4) is 0 Å². The van der Waals surface area contributed by atoms with Crippen molar-refractivity contribution in [2.24, 2.45) is 5.92 Å². The minimum atomic E-state index is 0.178. The van der Waals surface area contributed by atoms with Crippen LogP contribution in [0.1, 0.15) is 23.2 Å². The van der Waals surface area contributed by atoms with Crippen LogP contribution in [-0.4, -0.2) is 61.5 Å². The maximum atomic E-state index is 12.4. The number of carbonyl (C=O) groups is 1. The van der Waals surface area contributed by atoms with E-state index in [4.69, 9.17) is 0 Å². The molecule has 0 radical (unpaired) electrons. The molecule has 0 aliphatic carbocycles. The predicted molar refractivity (Wildman–Crippen MR) is 84.4 cm³/mol. The van der Waals surface area contributed by atoms with E-state index in [0.29, 0.717) is 0 Å². The first-order chi connectivity index (χ1) is 10.3. The largest absolute Gasteiger partial charge is 0.336 e. The van der Waals surface area contributed by atoms with Crippen LogP contribution in [0.4, 0.5) is 0 Å². The molecule has 2 saturated heterocycles. The SMILES string of the molecule is O=C(c1ccccc1)N1CCN(CC2CCNCC2)CC1. The topological polar surface area (TPSA) is 35.6 Å². The van der Waals surface area contributed by atoms with E-state index in [1.807, 2.05) is 35.2 Å². The Kier molecular flexibility index (Phi) is 4.88. The van der Waals surface area contributed by atoms with Gasteiger partial charge in [-0.3, -0.25) is 9.69 Å². The van der Waals surface area contributed by atoms with Crippen molar-refractivity contribution in [1.29, 1.82) is 0 Å². The van der Waals surface area contributed by atoms with Gasteiger partial charge < -0.3 is 10.2 Å². The first-order valence-electron chi connectivity index (χ1n) is 8.10. The van der Waals surface area contributed by atoms with E-state index in [9.17, 15) is 4.79 Å². The van der Waals surface area contributed by atoms with E-state index in [2.05, 4.69) is 10.2 Å². The Hall–Kier alpha value is -1.39. The third-order valence-corrected chi connectivity index (χ3v) is 4.66. The number of hydrogen-bond acceptors (Lipinski definition) is 3. The summed E-state index contributed by atoms with van der Waals surface area (Å²) < 4.78 is 0. The highest BCUT2D eigenvalue weighted by Gasteiger charge is 2.24. The van der Waals surface area contributed by atoms with Gasteiger partial charge in [0.15, 0.2) is 0 Å². The fraction of sp³-hybridized carbons (Fsp3) is 0.588. The Balaban J connectivity index is 1.47. The number of amides is 1. The Bertz CT molecular complexity index is 448. The Morgan fingerprint density at radius 1 is 1.05 bits per heavy atom. The molecule has 3 rings (SSSR count). The molecule has 1 aromatic carbocycles. The number of piperazine rings is 1. The molecule has 0 atom stereocenters. The van der Waals surface area contributed by atoms with Crippen molar-refractivity contribution < 1.29 is 4.79 Å². The van der Waals surface area contributed by atoms with E-state index < -0.39 is 0 Å². The first-order valence-corrected chi connectivity index (χ1v) is 8.10. The van der Waals surface area contributed by atoms with Crippen LogP contribution < -0.4 is 5.32 Å². The number of carbonyl (C=O) groups excluding carboxylic acids is 1. The van der Waals surface area contributed by atoms with E-state index in [-0.39, 0.29) is 5.91 Å². The lowest BCUT2D eigenvalue weighted by Crippen LogP contribution is -2.50. The minimum Gasteiger partial charge on any atom is -0.336 e. The van der Waals surface area contributed by atoms with Crippen LogP contribution >= 0.6 is 0 Å². The van der Waals surface area contributed by atoms with Crippen molar-refractivity contribution in [3.8, 4) is 0 Å². The van der Waals surface area contributed by atoms with Gasteiger partial charge in [0.1, 0.15) is 0 Å². The molecule has 2 heterocycles. The van der Waals surface area contributed by atoms with Crippen LogP contribution in [0.25, 0.3) is 0 Å². The molecule has 0 bridgehead atoms. The van der Waals surface area contributed by atoms with Crippen molar-refractivity contribution in [3.05, 3.63) is 35.9 Å². The fourth-order valence-electron chi connectivity index (χ4n) is 3.33.